The number of anilines is 2. The molecule has 2 aliphatic rings. The number of carbonyl (C=O) groups excluding carboxylic acids is 2. The van der Waals surface area contributed by atoms with E-state index in [4.69, 9.17) is 47.9 Å². The van der Waals surface area contributed by atoms with Gasteiger partial charge in [0.2, 0.25) is 11.7 Å². The molecule has 0 aliphatic carbocycles. The molecule has 4 heterocycles. The van der Waals surface area contributed by atoms with E-state index in [0.717, 1.165) is 19.6 Å². The molecule has 1 saturated heterocycles. The Balaban J connectivity index is 1.41. The van der Waals surface area contributed by atoms with Gasteiger partial charge in [-0.2, -0.15) is 4.98 Å². The summed E-state index contributed by atoms with van der Waals surface area (Å²) >= 11 is 13.2. The lowest BCUT2D eigenvalue weighted by Gasteiger charge is -2.26. The number of morpholine rings is 1. The summed E-state index contributed by atoms with van der Waals surface area (Å²) in [6.07, 6.45) is 3.17. The number of benzene rings is 1. The maximum absolute atomic E-state index is 13.9. The Kier molecular flexibility index (Phi) is 9.25. The smallest absolute Gasteiger partial charge is 0.260 e. The zero-order chi connectivity index (χ0) is 30.7. The molecule has 5 rings (SSSR count). The number of halogens is 2. The third-order valence-electron chi connectivity index (χ3n) is 7.12. The minimum atomic E-state index is -0.423. The Morgan fingerprint density at radius 3 is 2.58 bits per heavy atom. The van der Waals surface area contributed by atoms with Crippen molar-refractivity contribution in [2.75, 3.05) is 71.4 Å². The van der Waals surface area contributed by atoms with Gasteiger partial charge in [-0.05, 0) is 23.8 Å². The normalized spacial score (nSPS) is 16.0. The molecular formula is C28H31Cl2N7O6. The van der Waals surface area contributed by atoms with E-state index in [1.54, 1.807) is 24.4 Å². The summed E-state index contributed by atoms with van der Waals surface area (Å²) in [5.41, 5.74) is 7.85. The SMILES string of the molecule is COc1cc(CN2C(=O)C(=Cc3cc(C(=O)NCCN4CCOCC4)c[nH]3)c3c(Cl)nc(N)nc32)c(Cl)c(OC)c1OC. The van der Waals surface area contributed by atoms with E-state index in [9.17, 15) is 9.59 Å². The highest BCUT2D eigenvalue weighted by molar-refractivity contribution is 6.41. The van der Waals surface area contributed by atoms with Crippen LogP contribution >= 0.6 is 23.2 Å². The molecule has 1 fully saturated rings. The molecule has 13 nitrogen and oxygen atoms in total. The van der Waals surface area contributed by atoms with Crippen molar-refractivity contribution in [1.82, 2.24) is 25.2 Å². The molecule has 0 radical (unpaired) electrons. The summed E-state index contributed by atoms with van der Waals surface area (Å²) < 4.78 is 21.7. The second kappa shape index (κ2) is 13.1. The average molecular weight is 633 g/mol. The third kappa shape index (κ3) is 6.20. The summed E-state index contributed by atoms with van der Waals surface area (Å²) in [6.45, 7) is 4.28. The maximum atomic E-state index is 13.9. The number of fused-ring (bicyclic) bond motifs is 1. The van der Waals surface area contributed by atoms with Crippen molar-refractivity contribution >= 4 is 58.4 Å². The van der Waals surface area contributed by atoms with Crippen LogP contribution in [-0.2, 0) is 16.1 Å². The van der Waals surface area contributed by atoms with E-state index in [-0.39, 0.29) is 45.7 Å². The van der Waals surface area contributed by atoms with Gasteiger partial charge in [-0.1, -0.05) is 23.2 Å². The highest BCUT2D eigenvalue weighted by atomic mass is 35.5. The van der Waals surface area contributed by atoms with Gasteiger partial charge in [0.05, 0.1) is 62.8 Å². The van der Waals surface area contributed by atoms with Crippen molar-refractivity contribution in [2.45, 2.75) is 6.54 Å². The van der Waals surface area contributed by atoms with Crippen LogP contribution in [0.2, 0.25) is 10.2 Å². The minimum Gasteiger partial charge on any atom is -0.493 e. The maximum Gasteiger partial charge on any atom is 0.260 e. The van der Waals surface area contributed by atoms with Crippen LogP contribution in [0.1, 0.15) is 27.2 Å². The van der Waals surface area contributed by atoms with Gasteiger partial charge in [0.1, 0.15) is 5.15 Å². The van der Waals surface area contributed by atoms with E-state index >= 15 is 0 Å². The summed E-state index contributed by atoms with van der Waals surface area (Å²) in [5, 5.41) is 3.16. The minimum absolute atomic E-state index is 0.00762. The van der Waals surface area contributed by atoms with Crippen molar-refractivity contribution in [3.63, 3.8) is 0 Å². The number of nitrogens with two attached hydrogens (primary N) is 1. The Bertz CT molecular complexity index is 1570. The van der Waals surface area contributed by atoms with Crippen LogP contribution in [0.25, 0.3) is 11.6 Å². The predicted molar refractivity (Wildman–Crippen MR) is 162 cm³/mol. The van der Waals surface area contributed by atoms with E-state index in [0.29, 0.717) is 53.6 Å². The zero-order valence-corrected chi connectivity index (χ0v) is 25.3. The molecule has 0 spiro atoms. The number of hydrogen-bond acceptors (Lipinski definition) is 10. The van der Waals surface area contributed by atoms with Crippen LogP contribution in [0.15, 0.2) is 18.3 Å². The second-order valence-corrected chi connectivity index (χ2v) is 10.4. The lowest BCUT2D eigenvalue weighted by Crippen LogP contribution is -2.41. The topological polar surface area (TPSA) is 157 Å². The molecule has 4 N–H and O–H groups in total. The number of methoxy groups -OCH3 is 3. The number of H-pyrrole nitrogens is 1. The Morgan fingerprint density at radius 1 is 1.14 bits per heavy atom. The molecule has 228 valence electrons. The standard InChI is InChI=1S/C28H31Cl2N7O6/c1-40-19-11-16(21(29)23(42-3)22(19)41-2)14-37-25-20(24(30)34-28(31)35-25)18(27(37)39)12-17-10-15(13-33-17)26(38)32-4-5-36-6-8-43-9-7-36/h10-13,33H,4-9,14H2,1-3H3,(H,32,38)(H2,31,34,35). The fraction of sp³-hybridized carbons (Fsp3) is 0.357. The zero-order valence-electron chi connectivity index (χ0n) is 23.8. The fourth-order valence-electron chi connectivity index (χ4n) is 4.99. The van der Waals surface area contributed by atoms with Crippen molar-refractivity contribution in [2.24, 2.45) is 0 Å². The van der Waals surface area contributed by atoms with Crippen LogP contribution in [0.4, 0.5) is 11.8 Å². The van der Waals surface area contributed by atoms with Gasteiger partial charge in [0, 0.05) is 38.1 Å². The molecule has 2 aromatic heterocycles. The number of hydrogen-bond donors (Lipinski definition) is 3. The summed E-state index contributed by atoms with van der Waals surface area (Å²) in [4.78, 5) is 41.7. The lowest BCUT2D eigenvalue weighted by atomic mass is 10.1. The second-order valence-electron chi connectivity index (χ2n) is 9.69. The molecule has 0 bridgehead atoms. The number of nitrogen functional groups attached to an aromatic ring is 1. The molecular weight excluding hydrogens is 601 g/mol. The number of rotatable bonds is 10. The first-order valence-electron chi connectivity index (χ1n) is 13.4. The molecule has 43 heavy (non-hydrogen) atoms. The average Bonchev–Trinajstić information content (AvgIpc) is 3.57. The van der Waals surface area contributed by atoms with E-state index in [1.807, 2.05) is 0 Å². The molecule has 2 amide bonds. The number of aromatic amines is 1. The summed E-state index contributed by atoms with van der Waals surface area (Å²) in [7, 11) is 4.40. The first-order valence-corrected chi connectivity index (χ1v) is 14.1. The van der Waals surface area contributed by atoms with Gasteiger partial charge in [-0.3, -0.25) is 19.4 Å². The first kappa shape index (κ1) is 30.4. The number of ether oxygens (including phenoxy) is 4. The van der Waals surface area contributed by atoms with Crippen molar-refractivity contribution in [1.29, 1.82) is 0 Å². The van der Waals surface area contributed by atoms with Crippen LogP contribution < -0.4 is 30.2 Å². The van der Waals surface area contributed by atoms with E-state index in [1.165, 1.54) is 26.2 Å². The Hall–Kier alpha value is -4.04. The lowest BCUT2D eigenvalue weighted by molar-refractivity contribution is -0.113. The molecule has 15 heteroatoms. The Morgan fingerprint density at radius 2 is 1.88 bits per heavy atom. The first-order chi connectivity index (χ1) is 20.7. The van der Waals surface area contributed by atoms with Crippen LogP contribution in [0.5, 0.6) is 17.2 Å². The highest BCUT2D eigenvalue weighted by Gasteiger charge is 2.38. The van der Waals surface area contributed by atoms with Crippen LogP contribution in [0.3, 0.4) is 0 Å². The largest absolute Gasteiger partial charge is 0.493 e. The molecule has 3 aromatic rings. The van der Waals surface area contributed by atoms with Gasteiger partial charge < -0.3 is 35.0 Å². The Labute approximate surface area is 257 Å². The monoisotopic (exact) mass is 631 g/mol. The van der Waals surface area contributed by atoms with Crippen LogP contribution in [0, 0.1) is 0 Å². The quantitative estimate of drug-likeness (QED) is 0.224. The van der Waals surface area contributed by atoms with E-state index in [2.05, 4.69) is 25.2 Å². The fourth-order valence-corrected chi connectivity index (χ4v) is 5.54. The molecule has 0 atom stereocenters. The number of aromatic nitrogens is 3. The molecule has 0 saturated carbocycles. The van der Waals surface area contributed by atoms with Gasteiger partial charge >= 0.3 is 0 Å². The predicted octanol–water partition coefficient (Wildman–Crippen LogP) is 2.87. The van der Waals surface area contributed by atoms with Gasteiger partial charge in [-0.25, -0.2) is 4.98 Å². The highest BCUT2D eigenvalue weighted by Crippen LogP contribution is 2.47. The van der Waals surface area contributed by atoms with Crippen molar-refractivity contribution < 1.29 is 28.5 Å². The van der Waals surface area contributed by atoms with Gasteiger partial charge in [0.15, 0.2) is 17.3 Å². The number of nitrogens with one attached hydrogen (secondary N) is 2. The van der Waals surface area contributed by atoms with Gasteiger partial charge in [0.25, 0.3) is 11.8 Å². The molecule has 0 unspecified atom stereocenters. The molecule has 2 aliphatic heterocycles. The summed E-state index contributed by atoms with van der Waals surface area (Å²) in [5.74, 6) is 0.385. The van der Waals surface area contributed by atoms with Gasteiger partial charge in [-0.15, -0.1) is 0 Å². The third-order valence-corrected chi connectivity index (χ3v) is 7.81. The van der Waals surface area contributed by atoms with E-state index < -0.39 is 5.91 Å². The van der Waals surface area contributed by atoms with Crippen LogP contribution in [-0.4, -0.2) is 92.4 Å². The van der Waals surface area contributed by atoms with Crippen molar-refractivity contribution in [3.8, 4) is 17.2 Å². The number of carbonyl (C=O) groups is 2. The van der Waals surface area contributed by atoms with Crippen molar-refractivity contribution in [3.05, 3.63) is 50.9 Å². The summed E-state index contributed by atoms with van der Waals surface area (Å²) in [6, 6.07) is 3.30. The number of nitrogens with zero attached hydrogens (tertiary/aromatic N) is 4. The molecule has 1 aromatic carbocycles. The number of amides is 2.